The lowest BCUT2D eigenvalue weighted by molar-refractivity contribution is 0.0945. The minimum atomic E-state index is -0.363. The Bertz CT molecular complexity index is 901. The van der Waals surface area contributed by atoms with Crippen molar-refractivity contribution in [2.24, 2.45) is 0 Å². The van der Waals surface area contributed by atoms with Gasteiger partial charge in [-0.05, 0) is 24.6 Å². The number of halogens is 1. The smallest absolute Gasteiger partial charge is 0.270 e. The summed E-state index contributed by atoms with van der Waals surface area (Å²) in [6.07, 6.45) is 1.56. The van der Waals surface area contributed by atoms with Gasteiger partial charge in [0.15, 0.2) is 0 Å². The highest BCUT2D eigenvalue weighted by atomic mass is 19.1. The Balaban J connectivity index is 1.70. The molecule has 0 spiro atoms. The fraction of sp³-hybridized carbons (Fsp3) is 0.190. The Morgan fingerprint density at radius 3 is 2.56 bits per heavy atom. The summed E-state index contributed by atoms with van der Waals surface area (Å²) in [5, 5.41) is 2.70. The molecule has 1 aromatic heterocycles. The summed E-state index contributed by atoms with van der Waals surface area (Å²) in [7, 11) is 0. The lowest BCUT2D eigenvalue weighted by Crippen LogP contribution is -2.27. The summed E-state index contributed by atoms with van der Waals surface area (Å²) in [6, 6.07) is 17.9. The maximum atomic E-state index is 13.7. The van der Waals surface area contributed by atoms with E-state index in [2.05, 4.69) is 15.3 Å². The van der Waals surface area contributed by atoms with Gasteiger partial charge in [-0.15, -0.1) is 0 Å². The van der Waals surface area contributed by atoms with Crippen LogP contribution in [0.3, 0.4) is 0 Å². The van der Waals surface area contributed by atoms with Crippen molar-refractivity contribution in [1.82, 2.24) is 15.3 Å². The van der Waals surface area contributed by atoms with Crippen LogP contribution >= 0.6 is 0 Å². The second-order valence-electron chi connectivity index (χ2n) is 6.02. The molecule has 0 bridgehead atoms. The van der Waals surface area contributed by atoms with Crippen LogP contribution in [0.2, 0.25) is 0 Å². The van der Waals surface area contributed by atoms with E-state index in [1.807, 2.05) is 42.2 Å². The zero-order valence-corrected chi connectivity index (χ0v) is 15.1. The molecule has 1 N–H and O–H groups in total. The van der Waals surface area contributed by atoms with Gasteiger partial charge < -0.3 is 10.2 Å². The van der Waals surface area contributed by atoms with Gasteiger partial charge in [0.05, 0.1) is 0 Å². The molecule has 3 aromatic rings. The van der Waals surface area contributed by atoms with Crippen molar-refractivity contribution >= 4 is 11.9 Å². The van der Waals surface area contributed by atoms with E-state index in [9.17, 15) is 9.18 Å². The Kier molecular flexibility index (Phi) is 6.10. The van der Waals surface area contributed by atoms with Crippen LogP contribution in [0.15, 0.2) is 66.9 Å². The first-order chi connectivity index (χ1) is 13.2. The van der Waals surface area contributed by atoms with E-state index in [1.54, 1.807) is 30.5 Å². The molecule has 0 fully saturated rings. The SMILES string of the molecule is CCN(Cc1ccccc1)c1nccc(C(=O)NCc2ccccc2F)n1. The van der Waals surface area contributed by atoms with Crippen molar-refractivity contribution in [2.75, 3.05) is 11.4 Å². The fourth-order valence-corrected chi connectivity index (χ4v) is 2.66. The van der Waals surface area contributed by atoms with E-state index in [4.69, 9.17) is 0 Å². The number of nitrogens with one attached hydrogen (secondary N) is 1. The molecule has 3 rings (SSSR count). The molecule has 1 heterocycles. The van der Waals surface area contributed by atoms with Gasteiger partial charge in [-0.1, -0.05) is 48.5 Å². The highest BCUT2D eigenvalue weighted by Crippen LogP contribution is 2.13. The zero-order chi connectivity index (χ0) is 19.1. The molecule has 1 amide bonds. The van der Waals surface area contributed by atoms with Crippen LogP contribution in [0, 0.1) is 5.82 Å². The van der Waals surface area contributed by atoms with Crippen molar-refractivity contribution in [1.29, 1.82) is 0 Å². The molecule has 5 nitrogen and oxygen atoms in total. The van der Waals surface area contributed by atoms with Crippen LogP contribution in [0.5, 0.6) is 0 Å². The molecular formula is C21H21FN4O. The number of carbonyl (C=O) groups excluding carboxylic acids is 1. The second kappa shape index (κ2) is 8.89. The number of hydrogen-bond donors (Lipinski definition) is 1. The normalized spacial score (nSPS) is 10.4. The number of amides is 1. The first-order valence-corrected chi connectivity index (χ1v) is 8.81. The molecule has 0 radical (unpaired) electrons. The summed E-state index contributed by atoms with van der Waals surface area (Å²) >= 11 is 0. The monoisotopic (exact) mass is 364 g/mol. The van der Waals surface area contributed by atoms with Gasteiger partial charge in [-0.25, -0.2) is 14.4 Å². The van der Waals surface area contributed by atoms with E-state index >= 15 is 0 Å². The number of hydrogen-bond acceptors (Lipinski definition) is 4. The second-order valence-corrected chi connectivity index (χ2v) is 6.02. The molecule has 2 aromatic carbocycles. The number of benzene rings is 2. The minimum absolute atomic E-state index is 0.104. The molecule has 0 aliphatic carbocycles. The molecule has 27 heavy (non-hydrogen) atoms. The largest absolute Gasteiger partial charge is 0.347 e. The van der Waals surface area contributed by atoms with Crippen LogP contribution in [0.4, 0.5) is 10.3 Å². The summed E-state index contributed by atoms with van der Waals surface area (Å²) < 4.78 is 13.7. The van der Waals surface area contributed by atoms with E-state index in [0.717, 1.165) is 5.56 Å². The third-order valence-corrected chi connectivity index (χ3v) is 4.15. The number of carbonyl (C=O) groups is 1. The van der Waals surface area contributed by atoms with E-state index in [-0.39, 0.29) is 24.0 Å². The van der Waals surface area contributed by atoms with Gasteiger partial charge in [-0.2, -0.15) is 0 Å². The predicted octanol–water partition coefficient (Wildman–Crippen LogP) is 3.57. The first kappa shape index (κ1) is 18.5. The summed E-state index contributed by atoms with van der Waals surface area (Å²) in [5.41, 5.74) is 1.82. The van der Waals surface area contributed by atoms with Crippen LogP contribution in [-0.4, -0.2) is 22.4 Å². The fourth-order valence-electron chi connectivity index (χ4n) is 2.66. The lowest BCUT2D eigenvalue weighted by Gasteiger charge is -2.21. The third-order valence-electron chi connectivity index (χ3n) is 4.15. The van der Waals surface area contributed by atoms with Crippen LogP contribution in [0.25, 0.3) is 0 Å². The van der Waals surface area contributed by atoms with Crippen molar-refractivity contribution in [3.8, 4) is 0 Å². The van der Waals surface area contributed by atoms with Gasteiger partial charge >= 0.3 is 0 Å². The Labute approximate surface area is 157 Å². The number of rotatable bonds is 7. The van der Waals surface area contributed by atoms with E-state index in [0.29, 0.717) is 24.6 Å². The average molecular weight is 364 g/mol. The van der Waals surface area contributed by atoms with E-state index in [1.165, 1.54) is 6.07 Å². The number of aromatic nitrogens is 2. The maximum Gasteiger partial charge on any atom is 0.270 e. The van der Waals surface area contributed by atoms with E-state index < -0.39 is 0 Å². The van der Waals surface area contributed by atoms with Gasteiger partial charge in [0, 0.05) is 31.4 Å². The topological polar surface area (TPSA) is 58.1 Å². The Hall–Kier alpha value is -3.28. The molecule has 138 valence electrons. The van der Waals surface area contributed by atoms with Gasteiger partial charge in [0.2, 0.25) is 5.95 Å². The minimum Gasteiger partial charge on any atom is -0.347 e. The van der Waals surface area contributed by atoms with Gasteiger partial charge in [-0.3, -0.25) is 4.79 Å². The van der Waals surface area contributed by atoms with Crippen molar-refractivity contribution in [2.45, 2.75) is 20.0 Å². The predicted molar refractivity (Wildman–Crippen MR) is 103 cm³/mol. The molecule has 0 saturated carbocycles. The quantitative estimate of drug-likeness (QED) is 0.696. The Morgan fingerprint density at radius 2 is 1.81 bits per heavy atom. The van der Waals surface area contributed by atoms with Crippen molar-refractivity contribution < 1.29 is 9.18 Å². The standard InChI is InChI=1S/C21H21FN4O/c1-2-26(15-16-8-4-3-5-9-16)21-23-13-12-19(25-21)20(27)24-14-17-10-6-7-11-18(17)22/h3-13H,2,14-15H2,1H3,(H,24,27). The highest BCUT2D eigenvalue weighted by molar-refractivity contribution is 5.92. The Morgan fingerprint density at radius 1 is 1.07 bits per heavy atom. The molecule has 0 aliphatic heterocycles. The maximum absolute atomic E-state index is 13.7. The number of anilines is 1. The first-order valence-electron chi connectivity index (χ1n) is 8.81. The van der Waals surface area contributed by atoms with Gasteiger partial charge in [0.1, 0.15) is 11.5 Å². The summed E-state index contributed by atoms with van der Waals surface area (Å²) in [6.45, 7) is 3.47. The van der Waals surface area contributed by atoms with Crippen molar-refractivity contribution in [3.05, 3.63) is 89.5 Å². The summed E-state index contributed by atoms with van der Waals surface area (Å²) in [5.74, 6) is -0.223. The van der Waals surface area contributed by atoms with Crippen LogP contribution in [0.1, 0.15) is 28.5 Å². The highest BCUT2D eigenvalue weighted by Gasteiger charge is 2.13. The molecular weight excluding hydrogens is 343 g/mol. The van der Waals surface area contributed by atoms with Crippen molar-refractivity contribution in [3.63, 3.8) is 0 Å². The zero-order valence-electron chi connectivity index (χ0n) is 15.1. The van der Waals surface area contributed by atoms with Gasteiger partial charge in [0.25, 0.3) is 5.91 Å². The third kappa shape index (κ3) is 4.88. The van der Waals surface area contributed by atoms with Crippen LogP contribution in [-0.2, 0) is 13.1 Å². The molecule has 6 heteroatoms. The lowest BCUT2D eigenvalue weighted by atomic mass is 10.2. The molecule has 0 saturated heterocycles. The van der Waals surface area contributed by atoms with Crippen LogP contribution < -0.4 is 10.2 Å². The summed E-state index contributed by atoms with van der Waals surface area (Å²) in [4.78, 5) is 23.1. The molecule has 0 unspecified atom stereocenters. The molecule has 0 aliphatic rings. The number of nitrogens with zero attached hydrogens (tertiary/aromatic N) is 3. The molecule has 0 atom stereocenters. The average Bonchev–Trinajstić information content (AvgIpc) is 2.72.